The Kier molecular flexibility index (Phi) is 3.07. The number of halogens is 2. The Morgan fingerprint density at radius 3 is 2.94 bits per heavy atom. The minimum atomic E-state index is 0.597. The molecule has 2 aromatic rings. The number of alkyl halides is 1. The predicted molar refractivity (Wildman–Crippen MR) is 76.4 cm³/mol. The van der Waals surface area contributed by atoms with Crippen molar-refractivity contribution in [2.75, 3.05) is 13.6 Å². The molecule has 3 rings (SSSR count). The SMILES string of the molecule is CN1CCc2c(Cl)ccc3sc(CCl)c(c23)C1. The molecular formula is C13H13Cl2NS. The second-order valence-electron chi connectivity index (χ2n) is 4.52. The van der Waals surface area contributed by atoms with Gasteiger partial charge in [-0.15, -0.1) is 22.9 Å². The van der Waals surface area contributed by atoms with E-state index in [1.165, 1.54) is 26.1 Å². The van der Waals surface area contributed by atoms with Gasteiger partial charge in [0.25, 0.3) is 0 Å². The summed E-state index contributed by atoms with van der Waals surface area (Å²) in [6, 6.07) is 4.14. The van der Waals surface area contributed by atoms with E-state index in [0.717, 1.165) is 24.5 Å². The van der Waals surface area contributed by atoms with Gasteiger partial charge in [0.1, 0.15) is 0 Å². The van der Waals surface area contributed by atoms with E-state index in [4.69, 9.17) is 23.2 Å². The summed E-state index contributed by atoms with van der Waals surface area (Å²) in [5.41, 5.74) is 2.69. The monoisotopic (exact) mass is 285 g/mol. The highest BCUT2D eigenvalue weighted by molar-refractivity contribution is 7.19. The van der Waals surface area contributed by atoms with E-state index >= 15 is 0 Å². The zero-order valence-corrected chi connectivity index (χ0v) is 11.9. The summed E-state index contributed by atoms with van der Waals surface area (Å²) < 4.78 is 1.32. The van der Waals surface area contributed by atoms with Gasteiger partial charge in [0.15, 0.2) is 0 Å². The quantitative estimate of drug-likeness (QED) is 0.707. The van der Waals surface area contributed by atoms with E-state index in [9.17, 15) is 0 Å². The molecule has 0 fully saturated rings. The van der Waals surface area contributed by atoms with Crippen LogP contribution >= 0.6 is 34.5 Å². The molecule has 1 nitrogen and oxygen atoms in total. The van der Waals surface area contributed by atoms with Crippen LogP contribution in [0.5, 0.6) is 0 Å². The van der Waals surface area contributed by atoms with Crippen molar-refractivity contribution < 1.29 is 0 Å². The van der Waals surface area contributed by atoms with Crippen molar-refractivity contribution in [1.82, 2.24) is 4.90 Å². The molecule has 1 aromatic heterocycles. The Hall–Kier alpha value is -0.280. The third kappa shape index (κ3) is 1.88. The number of thiophene rings is 1. The molecule has 0 atom stereocenters. The number of rotatable bonds is 1. The zero-order chi connectivity index (χ0) is 12.0. The minimum Gasteiger partial charge on any atom is -0.302 e. The molecule has 0 amide bonds. The highest BCUT2D eigenvalue weighted by Crippen LogP contribution is 2.39. The average Bonchev–Trinajstić information content (AvgIpc) is 2.56. The van der Waals surface area contributed by atoms with E-state index in [1.54, 1.807) is 11.3 Å². The summed E-state index contributed by atoms with van der Waals surface area (Å²) in [6.07, 6.45) is 1.03. The zero-order valence-electron chi connectivity index (χ0n) is 9.59. The minimum absolute atomic E-state index is 0.597. The first-order chi connectivity index (χ1) is 8.20. The van der Waals surface area contributed by atoms with Gasteiger partial charge in [0.2, 0.25) is 0 Å². The lowest BCUT2D eigenvalue weighted by atomic mass is 10.0. The fourth-order valence-corrected chi connectivity index (χ4v) is 4.19. The predicted octanol–water partition coefficient (Wildman–Crippen LogP) is 4.28. The second kappa shape index (κ2) is 4.43. The molecule has 0 bridgehead atoms. The number of hydrogen-bond acceptors (Lipinski definition) is 2. The summed E-state index contributed by atoms with van der Waals surface area (Å²) in [5, 5.41) is 2.26. The smallest absolute Gasteiger partial charge is 0.0571 e. The number of hydrogen-bond donors (Lipinski definition) is 0. The molecule has 1 aliphatic rings. The first kappa shape index (κ1) is 11.8. The summed E-state index contributed by atoms with van der Waals surface area (Å²) in [5.74, 6) is 0.597. The molecule has 4 heteroatoms. The van der Waals surface area contributed by atoms with Gasteiger partial charge in [-0.1, -0.05) is 11.6 Å². The number of likely N-dealkylation sites (N-methyl/N-ethyl adjacent to an activating group) is 1. The average molecular weight is 286 g/mol. The van der Waals surface area contributed by atoms with Gasteiger partial charge < -0.3 is 4.90 Å². The van der Waals surface area contributed by atoms with Crippen molar-refractivity contribution in [3.8, 4) is 0 Å². The van der Waals surface area contributed by atoms with E-state index in [2.05, 4.69) is 18.0 Å². The summed E-state index contributed by atoms with van der Waals surface area (Å²) in [4.78, 5) is 3.63. The van der Waals surface area contributed by atoms with E-state index < -0.39 is 0 Å². The fourth-order valence-electron chi connectivity index (χ4n) is 2.52. The molecule has 0 saturated carbocycles. The Labute approximate surface area is 115 Å². The lowest BCUT2D eigenvalue weighted by molar-refractivity contribution is 0.336. The first-order valence-electron chi connectivity index (χ1n) is 5.67. The molecule has 0 radical (unpaired) electrons. The molecule has 0 aliphatic carbocycles. The van der Waals surface area contributed by atoms with Crippen LogP contribution in [0.3, 0.4) is 0 Å². The molecule has 0 saturated heterocycles. The van der Waals surface area contributed by atoms with Gasteiger partial charge in [0, 0.05) is 33.1 Å². The van der Waals surface area contributed by atoms with Crippen molar-refractivity contribution in [2.45, 2.75) is 18.8 Å². The van der Waals surface area contributed by atoms with Crippen molar-refractivity contribution in [3.63, 3.8) is 0 Å². The summed E-state index contributed by atoms with van der Waals surface area (Å²) in [7, 11) is 2.15. The van der Waals surface area contributed by atoms with Crippen LogP contribution in [0.2, 0.25) is 5.02 Å². The van der Waals surface area contributed by atoms with Crippen LogP contribution in [-0.2, 0) is 18.8 Å². The molecule has 0 N–H and O–H groups in total. The van der Waals surface area contributed by atoms with Crippen LogP contribution in [0.25, 0.3) is 10.1 Å². The van der Waals surface area contributed by atoms with Crippen molar-refractivity contribution in [1.29, 1.82) is 0 Å². The summed E-state index contributed by atoms with van der Waals surface area (Å²) >= 11 is 14.2. The van der Waals surface area contributed by atoms with Crippen LogP contribution in [-0.4, -0.2) is 18.5 Å². The van der Waals surface area contributed by atoms with Gasteiger partial charge in [-0.05, 0) is 36.7 Å². The third-order valence-corrected chi connectivity index (χ3v) is 5.36. The van der Waals surface area contributed by atoms with Crippen LogP contribution in [0.1, 0.15) is 16.0 Å². The maximum atomic E-state index is 6.34. The molecule has 1 aliphatic heterocycles. The molecule has 90 valence electrons. The van der Waals surface area contributed by atoms with E-state index in [1.807, 2.05) is 6.07 Å². The topological polar surface area (TPSA) is 3.24 Å². The van der Waals surface area contributed by atoms with Crippen LogP contribution in [0.15, 0.2) is 12.1 Å². The highest BCUT2D eigenvalue weighted by atomic mass is 35.5. The lowest BCUT2D eigenvalue weighted by Crippen LogP contribution is -2.18. The standard InChI is InChI=1S/C13H13Cl2NS/c1-16-5-4-8-10(15)2-3-11-13(8)9(7-16)12(6-14)17-11/h2-3H,4-7H2,1H3. The molecule has 0 unspecified atom stereocenters. The van der Waals surface area contributed by atoms with Crippen molar-refractivity contribution in [2.24, 2.45) is 0 Å². The second-order valence-corrected chi connectivity index (χ2v) is 6.34. The van der Waals surface area contributed by atoms with E-state index in [0.29, 0.717) is 5.88 Å². The Bertz CT molecular complexity index is 576. The van der Waals surface area contributed by atoms with Crippen LogP contribution in [0, 0.1) is 0 Å². The van der Waals surface area contributed by atoms with Crippen molar-refractivity contribution >= 4 is 44.6 Å². The number of benzene rings is 1. The maximum absolute atomic E-state index is 6.34. The third-order valence-electron chi connectivity index (χ3n) is 3.38. The maximum Gasteiger partial charge on any atom is 0.0571 e. The van der Waals surface area contributed by atoms with Gasteiger partial charge in [0.05, 0.1) is 5.88 Å². The lowest BCUT2D eigenvalue weighted by Gasteiger charge is -2.13. The van der Waals surface area contributed by atoms with Gasteiger partial charge in [-0.2, -0.15) is 0 Å². The largest absolute Gasteiger partial charge is 0.302 e. The molecule has 2 heterocycles. The van der Waals surface area contributed by atoms with Gasteiger partial charge >= 0.3 is 0 Å². The molecule has 0 spiro atoms. The van der Waals surface area contributed by atoms with E-state index in [-0.39, 0.29) is 0 Å². The molecule has 1 aromatic carbocycles. The van der Waals surface area contributed by atoms with Gasteiger partial charge in [-0.25, -0.2) is 0 Å². The molecule has 17 heavy (non-hydrogen) atoms. The highest BCUT2D eigenvalue weighted by Gasteiger charge is 2.21. The summed E-state index contributed by atoms with van der Waals surface area (Å²) in [6.45, 7) is 2.04. The fraction of sp³-hybridized carbons (Fsp3) is 0.385. The normalized spacial score (nSPS) is 16.4. The Morgan fingerprint density at radius 1 is 1.35 bits per heavy atom. The first-order valence-corrected chi connectivity index (χ1v) is 7.39. The van der Waals surface area contributed by atoms with Crippen LogP contribution < -0.4 is 0 Å². The van der Waals surface area contributed by atoms with Crippen LogP contribution in [0.4, 0.5) is 0 Å². The van der Waals surface area contributed by atoms with Crippen molar-refractivity contribution in [3.05, 3.63) is 33.2 Å². The Balaban J connectivity index is 2.35. The van der Waals surface area contributed by atoms with Gasteiger partial charge in [-0.3, -0.25) is 0 Å². The number of nitrogens with zero attached hydrogens (tertiary/aromatic N) is 1. The Morgan fingerprint density at radius 2 is 2.18 bits per heavy atom. The molecular weight excluding hydrogens is 273 g/mol.